The van der Waals surface area contributed by atoms with E-state index in [4.69, 9.17) is 9.53 Å². The first kappa shape index (κ1) is 19.7. The third-order valence-electron chi connectivity index (χ3n) is 5.92. The van der Waals surface area contributed by atoms with Crippen LogP contribution in [0.1, 0.15) is 73.1 Å². The highest BCUT2D eigenvalue weighted by Gasteiger charge is 2.44. The van der Waals surface area contributed by atoms with Crippen molar-refractivity contribution in [3.05, 3.63) is 0 Å². The summed E-state index contributed by atoms with van der Waals surface area (Å²) in [4.78, 5) is 10.7. The highest BCUT2D eigenvalue weighted by molar-refractivity contribution is 6.74. The van der Waals surface area contributed by atoms with E-state index in [9.17, 15) is 4.79 Å². The third kappa shape index (κ3) is 5.38. The second-order valence-electron chi connectivity index (χ2n) is 9.12. The maximum absolute atomic E-state index is 10.7. The van der Waals surface area contributed by atoms with Crippen LogP contribution in [0.25, 0.3) is 0 Å². The molecule has 0 aromatic rings. The monoisotopic (exact) mass is 328 g/mol. The van der Waals surface area contributed by atoms with Crippen molar-refractivity contribution < 1.29 is 14.3 Å². The molecular weight excluding hydrogens is 292 g/mol. The van der Waals surface area contributed by atoms with Gasteiger partial charge in [0.1, 0.15) is 0 Å². The molecule has 3 nitrogen and oxygen atoms in total. The van der Waals surface area contributed by atoms with Crippen LogP contribution in [0.4, 0.5) is 0 Å². The second-order valence-corrected chi connectivity index (χ2v) is 13.8. The minimum Gasteiger partial charge on any atom is -0.481 e. The lowest BCUT2D eigenvalue weighted by molar-refractivity contribution is -0.137. The zero-order chi connectivity index (χ0) is 17.2. The maximum Gasteiger partial charge on any atom is 0.303 e. The van der Waals surface area contributed by atoms with Gasteiger partial charge in [-0.25, -0.2) is 0 Å². The molecule has 1 saturated carbocycles. The van der Waals surface area contributed by atoms with Gasteiger partial charge in [-0.05, 0) is 63.1 Å². The van der Waals surface area contributed by atoms with Crippen molar-refractivity contribution in [2.75, 3.05) is 0 Å². The Morgan fingerprint density at radius 3 is 2.00 bits per heavy atom. The van der Waals surface area contributed by atoms with Crippen molar-refractivity contribution in [1.82, 2.24) is 0 Å². The first-order chi connectivity index (χ1) is 9.85. The highest BCUT2D eigenvalue weighted by Crippen LogP contribution is 2.44. The lowest BCUT2D eigenvalue weighted by Gasteiger charge is -2.47. The summed E-state index contributed by atoms with van der Waals surface area (Å²) in [5.74, 6) is 0.530. The molecule has 0 aromatic heterocycles. The molecule has 22 heavy (non-hydrogen) atoms. The van der Waals surface area contributed by atoms with Gasteiger partial charge in [0.15, 0.2) is 8.32 Å². The summed E-state index contributed by atoms with van der Waals surface area (Å²) in [5.41, 5.74) is -0.0687. The Bertz CT molecular complexity index is 374. The molecule has 0 heterocycles. The molecule has 1 rings (SSSR count). The summed E-state index contributed by atoms with van der Waals surface area (Å²) in [6.45, 7) is 16.0. The van der Waals surface area contributed by atoms with Crippen molar-refractivity contribution >= 4 is 14.3 Å². The van der Waals surface area contributed by atoms with E-state index in [1.165, 1.54) is 12.8 Å². The van der Waals surface area contributed by atoms with Crippen molar-refractivity contribution in [3.63, 3.8) is 0 Å². The molecule has 0 saturated heterocycles. The van der Waals surface area contributed by atoms with E-state index in [0.717, 1.165) is 19.3 Å². The van der Waals surface area contributed by atoms with E-state index in [1.54, 1.807) is 0 Å². The molecule has 0 aromatic carbocycles. The lowest BCUT2D eigenvalue weighted by atomic mass is 9.74. The normalized spacial score (nSPS) is 24.3. The second kappa shape index (κ2) is 7.04. The van der Waals surface area contributed by atoms with Crippen LogP contribution in [0.5, 0.6) is 0 Å². The highest BCUT2D eigenvalue weighted by atomic mass is 28.4. The van der Waals surface area contributed by atoms with Gasteiger partial charge in [-0.15, -0.1) is 0 Å². The molecule has 0 atom stereocenters. The number of hydrogen-bond acceptors (Lipinski definition) is 2. The molecule has 0 spiro atoms. The fraction of sp³-hybridized carbons (Fsp3) is 0.944. The Kier molecular flexibility index (Phi) is 6.30. The number of rotatable bonds is 6. The van der Waals surface area contributed by atoms with Crippen molar-refractivity contribution in [2.45, 2.75) is 96.9 Å². The predicted octanol–water partition coefficient (Wildman–Crippen LogP) is 5.46. The first-order valence-electron chi connectivity index (χ1n) is 8.77. The average molecular weight is 329 g/mol. The van der Waals surface area contributed by atoms with Gasteiger partial charge in [0.05, 0.1) is 5.60 Å². The van der Waals surface area contributed by atoms with Gasteiger partial charge in [0.25, 0.3) is 0 Å². The molecule has 0 bridgehead atoms. The molecule has 130 valence electrons. The summed E-state index contributed by atoms with van der Waals surface area (Å²) in [6.07, 6.45) is 5.81. The zero-order valence-corrected chi connectivity index (χ0v) is 16.7. The van der Waals surface area contributed by atoms with Crippen LogP contribution in [-0.4, -0.2) is 25.0 Å². The van der Waals surface area contributed by atoms with Crippen molar-refractivity contribution in [2.24, 2.45) is 11.8 Å². The Morgan fingerprint density at radius 2 is 1.59 bits per heavy atom. The van der Waals surface area contributed by atoms with E-state index in [0.29, 0.717) is 18.3 Å². The molecule has 0 amide bonds. The Balaban J connectivity index is 2.56. The number of carboxylic acids is 1. The van der Waals surface area contributed by atoms with Crippen LogP contribution < -0.4 is 0 Å². The Morgan fingerprint density at radius 1 is 1.09 bits per heavy atom. The SMILES string of the molecule is CC(C)(C)[Si](C)(C)OC(C)(C)[C@H]1CC[C@H](CCC(=O)O)CC1. The Labute approximate surface area is 138 Å². The topological polar surface area (TPSA) is 46.5 Å². The zero-order valence-electron chi connectivity index (χ0n) is 15.7. The van der Waals surface area contributed by atoms with E-state index in [1.807, 2.05) is 0 Å². The Hall–Kier alpha value is -0.353. The lowest BCUT2D eigenvalue weighted by Crippen LogP contribution is -2.50. The smallest absolute Gasteiger partial charge is 0.303 e. The van der Waals surface area contributed by atoms with E-state index < -0.39 is 14.3 Å². The molecular formula is C18H36O3Si. The van der Waals surface area contributed by atoms with E-state index in [-0.39, 0.29) is 10.6 Å². The largest absolute Gasteiger partial charge is 0.481 e. The van der Waals surface area contributed by atoms with Gasteiger partial charge in [0.2, 0.25) is 0 Å². The minimum atomic E-state index is -1.75. The predicted molar refractivity (Wildman–Crippen MR) is 94.7 cm³/mol. The minimum absolute atomic E-state index is 0.0687. The average Bonchev–Trinajstić information content (AvgIpc) is 2.34. The van der Waals surface area contributed by atoms with E-state index in [2.05, 4.69) is 47.7 Å². The third-order valence-corrected chi connectivity index (χ3v) is 10.6. The van der Waals surface area contributed by atoms with Crippen LogP contribution in [-0.2, 0) is 9.22 Å². The standard InChI is InChI=1S/C18H36O3Si/c1-17(2,3)22(6,7)21-18(4,5)15-11-8-14(9-12-15)10-13-16(19)20/h14-15H,8-13H2,1-7H3,(H,19,20)/t14-,15-. The maximum atomic E-state index is 10.7. The number of aliphatic carboxylic acids is 1. The van der Waals surface area contributed by atoms with Crippen molar-refractivity contribution in [3.8, 4) is 0 Å². The summed E-state index contributed by atoms with van der Waals surface area (Å²) in [6, 6.07) is 0. The number of carbonyl (C=O) groups is 1. The van der Waals surface area contributed by atoms with Gasteiger partial charge in [-0.3, -0.25) is 4.79 Å². The first-order valence-corrected chi connectivity index (χ1v) is 11.7. The van der Waals surface area contributed by atoms with Gasteiger partial charge >= 0.3 is 5.97 Å². The summed E-state index contributed by atoms with van der Waals surface area (Å²) in [5, 5.41) is 9.05. The molecule has 1 fully saturated rings. The fourth-order valence-electron chi connectivity index (χ4n) is 3.37. The summed E-state index contributed by atoms with van der Waals surface area (Å²) >= 11 is 0. The molecule has 0 aliphatic heterocycles. The fourth-order valence-corrected chi connectivity index (χ4v) is 5.16. The van der Waals surface area contributed by atoms with Crippen LogP contribution in [0.3, 0.4) is 0 Å². The van der Waals surface area contributed by atoms with Crippen LogP contribution in [0.2, 0.25) is 18.1 Å². The van der Waals surface area contributed by atoms with Crippen molar-refractivity contribution in [1.29, 1.82) is 0 Å². The van der Waals surface area contributed by atoms with E-state index >= 15 is 0 Å². The molecule has 0 radical (unpaired) electrons. The summed E-state index contributed by atoms with van der Waals surface area (Å²) < 4.78 is 6.71. The van der Waals surface area contributed by atoms with Crippen LogP contribution in [0, 0.1) is 11.8 Å². The molecule has 1 N–H and O–H groups in total. The molecule has 1 aliphatic rings. The molecule has 4 heteroatoms. The van der Waals surface area contributed by atoms with Gasteiger partial charge in [0, 0.05) is 6.42 Å². The number of hydrogen-bond donors (Lipinski definition) is 1. The molecule has 1 aliphatic carbocycles. The van der Waals surface area contributed by atoms with Gasteiger partial charge < -0.3 is 9.53 Å². The quantitative estimate of drug-likeness (QED) is 0.659. The summed E-state index contributed by atoms with van der Waals surface area (Å²) in [7, 11) is -1.75. The van der Waals surface area contributed by atoms with Crippen LogP contribution in [0.15, 0.2) is 0 Å². The number of carboxylic acid groups (broad SMARTS) is 1. The molecule has 0 unspecified atom stereocenters. The van der Waals surface area contributed by atoms with Crippen LogP contribution >= 0.6 is 0 Å². The van der Waals surface area contributed by atoms with Gasteiger partial charge in [-0.2, -0.15) is 0 Å². The van der Waals surface area contributed by atoms with Gasteiger partial charge in [-0.1, -0.05) is 33.6 Å².